The van der Waals surface area contributed by atoms with E-state index in [1.165, 1.54) is 75.0 Å². The Morgan fingerprint density at radius 3 is 1.43 bits per heavy atom. The van der Waals surface area contributed by atoms with Crippen LogP contribution in [0.25, 0.3) is 11.1 Å². The van der Waals surface area contributed by atoms with Crippen LogP contribution in [-0.4, -0.2) is 158 Å². The number of carbonyl (C=O) groups excluding carboxylic acids is 13. The summed E-state index contributed by atoms with van der Waals surface area (Å²) >= 11 is 2.10. The fourth-order valence-electron chi connectivity index (χ4n) is 9.31. The predicted molar refractivity (Wildman–Crippen MR) is 358 cm³/mol. The highest BCUT2D eigenvalue weighted by Gasteiger charge is 2.43. The number of anilines is 3. The molecule has 28 nitrogen and oxygen atoms in total. The van der Waals surface area contributed by atoms with Crippen LogP contribution in [-0.2, 0) is 75.1 Å². The molecule has 2 atom stereocenters. The van der Waals surface area contributed by atoms with Gasteiger partial charge in [-0.2, -0.15) is 0 Å². The van der Waals surface area contributed by atoms with Gasteiger partial charge in [0.15, 0.2) is 0 Å². The van der Waals surface area contributed by atoms with Crippen molar-refractivity contribution in [3.05, 3.63) is 144 Å². The molecule has 0 bridgehead atoms. The molecule has 4 aliphatic rings. The number of imide groups is 2. The summed E-state index contributed by atoms with van der Waals surface area (Å²) in [4.78, 5) is 172. The molecule has 5 aromatic rings. The van der Waals surface area contributed by atoms with Crippen molar-refractivity contribution in [3.8, 4) is 11.1 Å². The van der Waals surface area contributed by atoms with Crippen LogP contribution in [0.2, 0.25) is 0 Å². The number of hydrogen-bond donors (Lipinski definition) is 4. The number of ether oxygens (including phenoxy) is 6. The molecular formula is C67H79IN8O20. The third-order valence-electron chi connectivity index (χ3n) is 13.9. The normalized spacial score (nSPS) is 15.0. The van der Waals surface area contributed by atoms with E-state index in [0.29, 0.717) is 62.3 Å². The molecule has 2 saturated heterocycles. The number of nitrogens with zero attached hydrogens (tertiary/aromatic N) is 4. The van der Waals surface area contributed by atoms with Crippen molar-refractivity contribution in [3.63, 3.8) is 0 Å². The van der Waals surface area contributed by atoms with Crippen LogP contribution in [0.1, 0.15) is 141 Å². The maximum Gasteiger partial charge on any atom is 0.414 e. The van der Waals surface area contributed by atoms with Crippen LogP contribution in [0, 0.1) is 3.57 Å². The second-order valence-electron chi connectivity index (χ2n) is 23.2. The number of piperidine rings is 2. The van der Waals surface area contributed by atoms with E-state index in [-0.39, 0.29) is 85.1 Å². The molecule has 2 unspecified atom stereocenters. The molecule has 0 aliphatic carbocycles. The van der Waals surface area contributed by atoms with Crippen LogP contribution in [0.3, 0.4) is 0 Å². The lowest BCUT2D eigenvalue weighted by molar-refractivity contribution is -0.138. The lowest BCUT2D eigenvalue weighted by Gasteiger charge is -2.29. The summed E-state index contributed by atoms with van der Waals surface area (Å²) in [6.45, 7) is 14.9. The predicted octanol–water partition coefficient (Wildman–Crippen LogP) is 7.86. The number of methoxy groups -OCH3 is 4. The van der Waals surface area contributed by atoms with E-state index < -0.39 is 59.2 Å². The number of amides is 9. The van der Waals surface area contributed by atoms with Crippen molar-refractivity contribution in [2.24, 2.45) is 0 Å². The maximum absolute atomic E-state index is 13.6. The lowest BCUT2D eigenvalue weighted by Crippen LogP contribution is -2.52. The first kappa shape index (κ1) is 78.1. The third kappa shape index (κ3) is 22.2. The Morgan fingerprint density at radius 1 is 0.542 bits per heavy atom. The highest BCUT2D eigenvalue weighted by molar-refractivity contribution is 14.1. The van der Waals surface area contributed by atoms with Crippen LogP contribution >= 0.6 is 22.6 Å². The van der Waals surface area contributed by atoms with E-state index in [1.807, 2.05) is 18.2 Å². The summed E-state index contributed by atoms with van der Waals surface area (Å²) in [5, 5.41) is 6.96. The summed E-state index contributed by atoms with van der Waals surface area (Å²) in [7, 11) is 8.49. The summed E-state index contributed by atoms with van der Waals surface area (Å²) in [6.07, 6.45) is 1.18. The van der Waals surface area contributed by atoms with E-state index >= 15 is 0 Å². The van der Waals surface area contributed by atoms with E-state index in [0.717, 1.165) is 3.57 Å². The minimum atomic E-state index is -0.817. The minimum Gasteiger partial charge on any atom is -0.469 e. The van der Waals surface area contributed by atoms with Gasteiger partial charge in [0, 0.05) is 92.8 Å². The fraction of sp³-hybridized carbons (Fsp3) is 0.373. The van der Waals surface area contributed by atoms with Gasteiger partial charge in [-0.25, -0.2) is 19.2 Å². The molecule has 9 amide bonds. The number of pyridine rings is 1. The molecule has 9 rings (SSSR count). The molecule has 4 N–H and O–H groups in total. The Morgan fingerprint density at radius 2 is 0.979 bits per heavy atom. The molecule has 0 radical (unpaired) electrons. The number of carbonyl (C=O) groups is 13. The molecule has 2 fully saturated rings. The Labute approximate surface area is 568 Å². The van der Waals surface area contributed by atoms with E-state index in [2.05, 4.69) is 57.7 Å². The number of nitrogens with one attached hydrogen (secondary N) is 4. The van der Waals surface area contributed by atoms with Crippen molar-refractivity contribution in [2.45, 2.75) is 124 Å². The Balaban J connectivity index is 0.000000286. The zero-order chi connectivity index (χ0) is 72.1. The van der Waals surface area contributed by atoms with Gasteiger partial charge in [-0.05, 0) is 143 Å². The molecule has 0 saturated carbocycles. The largest absolute Gasteiger partial charge is 0.469 e. The van der Waals surface area contributed by atoms with Crippen LogP contribution < -0.4 is 31.3 Å². The molecule has 96 heavy (non-hydrogen) atoms. The van der Waals surface area contributed by atoms with E-state index in [1.54, 1.807) is 128 Å². The number of halogens is 1. The second kappa shape index (κ2) is 35.3. The number of benzene rings is 4. The monoisotopic (exact) mass is 1440 g/mol. The average molecular weight is 1440 g/mol. The highest BCUT2D eigenvalue weighted by Crippen LogP contribution is 2.40. The van der Waals surface area contributed by atoms with Gasteiger partial charge in [0.05, 0.1) is 50.9 Å². The number of aromatic amines is 1. The van der Waals surface area contributed by atoms with Crippen LogP contribution in [0.15, 0.2) is 102 Å². The first-order chi connectivity index (χ1) is 45.0. The SMILES string of the molecule is CC(=O)Nc1ccc[nH]c1=O.CN(C(=O)OC(C)(C)C)c1cccc2c1CN(C1CCC(=O)NC1=O)C2=O.COC(=O)c1ccccc1-c1cc2c(c(N(C)C(=O)OC(C)(C)C)c1)CN(C1CCC(=O)NC1=O)C2=O.COC(=O)c1ccccc1I.COC(C)=O.COC(C)=O. The van der Waals surface area contributed by atoms with Gasteiger partial charge >= 0.3 is 36.1 Å². The number of rotatable bonds is 8. The quantitative estimate of drug-likeness (QED) is 0.0497. The zero-order valence-corrected chi connectivity index (χ0v) is 58.1. The van der Waals surface area contributed by atoms with Gasteiger partial charge in [0.25, 0.3) is 17.4 Å². The van der Waals surface area contributed by atoms with Crippen molar-refractivity contribution in [1.82, 2.24) is 25.4 Å². The van der Waals surface area contributed by atoms with Crippen LogP contribution in [0.4, 0.5) is 26.7 Å². The van der Waals surface area contributed by atoms with Gasteiger partial charge in [-0.1, -0.05) is 36.4 Å². The minimum absolute atomic E-state index is 0.0713. The molecule has 4 aromatic carbocycles. The van der Waals surface area contributed by atoms with Crippen molar-refractivity contribution < 1.29 is 90.8 Å². The van der Waals surface area contributed by atoms with Gasteiger partial charge in [-0.15, -0.1) is 0 Å². The molecule has 29 heteroatoms. The summed E-state index contributed by atoms with van der Waals surface area (Å²) in [5.74, 6) is -3.95. The summed E-state index contributed by atoms with van der Waals surface area (Å²) in [5.41, 5.74) is 3.47. The summed E-state index contributed by atoms with van der Waals surface area (Å²) < 4.78 is 29.6. The number of hydrogen-bond acceptors (Lipinski definition) is 20. The zero-order valence-electron chi connectivity index (χ0n) is 56.0. The third-order valence-corrected chi connectivity index (χ3v) is 14.8. The molecule has 0 spiro atoms. The first-order valence-corrected chi connectivity index (χ1v) is 30.6. The maximum atomic E-state index is 13.6. The standard InChI is InChI=1S/C27H29N3O7.C19H23N3O5.C8H7IO2.C7H8N2O2.2C3H6O2/c1-27(2,3)37-26(35)29(4)21-13-15(16-8-6-7-9-17(16)25(34)36-5)12-18-19(21)14-30(24(18)33)20-10-11-22(31)28-23(20)32;1-19(2,3)27-18(26)21(4)13-7-5-6-11-12(13)10-22(17(11)25)14-8-9-15(23)20-16(14)24;1-11-8(10)6-4-2-3-5-7(6)9;1-5(10)9-6-3-2-4-8-7(6)11;2*1-3(4)5-2/h6-9,12-13,20H,10-11,14H2,1-5H3,(H,28,31,32);5-7,14H,8-10H2,1-4H3,(H,20,23,24);2-5H,1H3;2-4H,1H3,(H,8,11)(H,9,10);2*1-2H3. The fourth-order valence-corrected chi connectivity index (χ4v) is 9.91. The van der Waals surface area contributed by atoms with Crippen molar-refractivity contribution >= 4 is 117 Å². The smallest absolute Gasteiger partial charge is 0.414 e. The topological polar surface area (TPSA) is 359 Å². The van der Waals surface area contributed by atoms with Gasteiger partial charge < -0.3 is 48.5 Å². The van der Waals surface area contributed by atoms with Gasteiger partial charge in [-0.3, -0.25) is 68.4 Å². The van der Waals surface area contributed by atoms with Crippen molar-refractivity contribution in [2.75, 3.05) is 57.7 Å². The van der Waals surface area contributed by atoms with Crippen molar-refractivity contribution in [1.29, 1.82) is 0 Å². The number of H-pyrrole nitrogens is 1. The van der Waals surface area contributed by atoms with Gasteiger partial charge in [0.1, 0.15) is 29.0 Å². The summed E-state index contributed by atoms with van der Waals surface area (Å²) in [6, 6.07) is 24.3. The highest BCUT2D eigenvalue weighted by atomic mass is 127. The Hall–Kier alpha value is -10.3. The average Bonchev–Trinajstić information content (AvgIpc) is 1.59. The molecular weight excluding hydrogens is 1360 g/mol. The van der Waals surface area contributed by atoms with Crippen LogP contribution in [0.5, 0.6) is 0 Å². The molecule has 1 aromatic heterocycles. The van der Waals surface area contributed by atoms with E-state index in [9.17, 15) is 67.1 Å². The molecule has 514 valence electrons. The lowest BCUT2D eigenvalue weighted by atomic mass is 9.95. The van der Waals surface area contributed by atoms with E-state index in [4.69, 9.17) is 14.2 Å². The number of esters is 4. The molecule has 4 aliphatic heterocycles. The number of aromatic nitrogens is 1. The van der Waals surface area contributed by atoms with Gasteiger partial charge in [0.2, 0.25) is 29.5 Å². The second-order valence-corrected chi connectivity index (χ2v) is 24.4. The Bertz CT molecular complexity index is 3820. The number of fused-ring (bicyclic) bond motifs is 2. The molecule has 5 heterocycles. The first-order valence-electron chi connectivity index (χ1n) is 29.6. The Kier molecular flexibility index (Phi) is 28.7.